The van der Waals surface area contributed by atoms with Crippen molar-refractivity contribution in [1.29, 1.82) is 0 Å². The van der Waals surface area contributed by atoms with Crippen LogP contribution in [0.2, 0.25) is 0 Å². The molecule has 2 heteroatoms. The molecule has 0 bridgehead atoms. The number of rotatable bonds is 0. The van der Waals surface area contributed by atoms with Gasteiger partial charge in [0, 0.05) is 0 Å². The summed E-state index contributed by atoms with van der Waals surface area (Å²) in [4.78, 5) is 0. The second-order valence-electron chi connectivity index (χ2n) is 6.75. The van der Waals surface area contributed by atoms with E-state index in [2.05, 4.69) is 53.7 Å². The first kappa shape index (κ1) is 12.3. The summed E-state index contributed by atoms with van der Waals surface area (Å²) in [5.41, 5.74) is 2.91. The lowest BCUT2D eigenvalue weighted by Crippen LogP contribution is -2.21. The van der Waals surface area contributed by atoms with Crippen LogP contribution in [0.3, 0.4) is 0 Å². The fraction of sp³-hybridized carbons (Fsp3) is 0.600. The molecular formula is C15H22O2. The van der Waals surface area contributed by atoms with Gasteiger partial charge < -0.3 is 9.47 Å². The third kappa shape index (κ3) is 2.26. The van der Waals surface area contributed by atoms with Crippen molar-refractivity contribution in [2.45, 2.75) is 52.4 Å². The predicted molar refractivity (Wildman–Crippen MR) is 70.0 cm³/mol. The van der Waals surface area contributed by atoms with Gasteiger partial charge in [0.25, 0.3) is 0 Å². The van der Waals surface area contributed by atoms with Gasteiger partial charge in [-0.2, -0.15) is 0 Å². The van der Waals surface area contributed by atoms with Crippen LogP contribution in [0.4, 0.5) is 0 Å². The van der Waals surface area contributed by atoms with Crippen molar-refractivity contribution in [2.75, 3.05) is 6.79 Å². The highest BCUT2D eigenvalue weighted by molar-refractivity contribution is 5.52. The van der Waals surface area contributed by atoms with E-state index in [1.807, 2.05) is 0 Å². The zero-order valence-corrected chi connectivity index (χ0v) is 11.7. The number of benzene rings is 1. The Balaban J connectivity index is 2.64. The summed E-state index contributed by atoms with van der Waals surface area (Å²) in [6.45, 7) is 13.8. The fourth-order valence-electron chi connectivity index (χ4n) is 2.18. The van der Waals surface area contributed by atoms with Gasteiger partial charge in [0.1, 0.15) is 0 Å². The topological polar surface area (TPSA) is 18.5 Å². The van der Waals surface area contributed by atoms with Gasteiger partial charge in [0.15, 0.2) is 11.5 Å². The maximum Gasteiger partial charge on any atom is 0.231 e. The molecule has 2 rings (SSSR count). The Hall–Kier alpha value is -1.18. The third-order valence-corrected chi connectivity index (χ3v) is 3.13. The van der Waals surface area contributed by atoms with Gasteiger partial charge >= 0.3 is 0 Å². The average Bonchev–Trinajstić information content (AvgIpc) is 2.59. The lowest BCUT2D eigenvalue weighted by atomic mass is 9.75. The molecule has 0 atom stereocenters. The molecule has 0 saturated carbocycles. The van der Waals surface area contributed by atoms with Crippen LogP contribution in [0, 0.1) is 0 Å². The Bertz CT molecular complexity index is 392. The predicted octanol–water partition coefficient (Wildman–Crippen LogP) is 4.01. The first-order valence-electron chi connectivity index (χ1n) is 6.14. The van der Waals surface area contributed by atoms with Gasteiger partial charge in [-0.05, 0) is 34.1 Å². The van der Waals surface area contributed by atoms with Crippen molar-refractivity contribution >= 4 is 0 Å². The molecule has 0 amide bonds. The van der Waals surface area contributed by atoms with E-state index < -0.39 is 0 Å². The molecule has 0 aliphatic carbocycles. The average molecular weight is 234 g/mol. The summed E-state index contributed by atoms with van der Waals surface area (Å²) in [5.74, 6) is 1.76. The molecule has 0 N–H and O–H groups in total. The molecule has 2 nitrogen and oxygen atoms in total. The molecule has 0 radical (unpaired) electrons. The molecule has 1 aliphatic rings. The van der Waals surface area contributed by atoms with E-state index in [1.165, 1.54) is 11.1 Å². The first-order valence-corrected chi connectivity index (χ1v) is 6.14. The second-order valence-corrected chi connectivity index (χ2v) is 6.75. The molecule has 0 unspecified atom stereocenters. The largest absolute Gasteiger partial charge is 0.454 e. The Kier molecular flexibility index (Phi) is 2.64. The smallest absolute Gasteiger partial charge is 0.231 e. The summed E-state index contributed by atoms with van der Waals surface area (Å²) in [5, 5.41) is 0. The molecule has 1 aromatic carbocycles. The second kappa shape index (κ2) is 3.66. The van der Waals surface area contributed by atoms with Crippen LogP contribution in [0.1, 0.15) is 52.7 Å². The summed E-state index contributed by atoms with van der Waals surface area (Å²) in [6, 6.07) is 4.28. The van der Waals surface area contributed by atoms with Crippen LogP contribution in [-0.2, 0) is 10.8 Å². The summed E-state index contributed by atoms with van der Waals surface area (Å²) in [6.07, 6.45) is 0. The van der Waals surface area contributed by atoms with Gasteiger partial charge in [-0.1, -0.05) is 41.5 Å². The summed E-state index contributed by atoms with van der Waals surface area (Å²) >= 11 is 0. The molecule has 0 fully saturated rings. The van der Waals surface area contributed by atoms with E-state index in [0.717, 1.165) is 11.5 Å². The van der Waals surface area contributed by atoms with Crippen molar-refractivity contribution in [3.05, 3.63) is 23.3 Å². The fourth-order valence-corrected chi connectivity index (χ4v) is 2.18. The number of hydrogen-bond donors (Lipinski definition) is 0. The van der Waals surface area contributed by atoms with Gasteiger partial charge in [-0.15, -0.1) is 0 Å². The quantitative estimate of drug-likeness (QED) is 0.675. The van der Waals surface area contributed by atoms with Crippen LogP contribution >= 0.6 is 0 Å². The van der Waals surface area contributed by atoms with Crippen molar-refractivity contribution < 1.29 is 9.47 Å². The van der Waals surface area contributed by atoms with Gasteiger partial charge in [0.2, 0.25) is 6.79 Å². The van der Waals surface area contributed by atoms with E-state index in [-0.39, 0.29) is 10.8 Å². The molecule has 0 saturated heterocycles. The SMILES string of the molecule is CC(C)(C)c1cc2c(cc1C(C)(C)C)OCO2. The molecule has 1 heterocycles. The minimum atomic E-state index is 0.115. The Morgan fingerprint density at radius 1 is 0.765 bits per heavy atom. The zero-order valence-electron chi connectivity index (χ0n) is 11.7. The standard InChI is InChI=1S/C15H22O2/c1-14(2,3)10-7-12-13(17-9-16-12)8-11(10)15(4,5)6/h7-8H,9H2,1-6H3. The lowest BCUT2D eigenvalue weighted by molar-refractivity contribution is 0.174. The highest BCUT2D eigenvalue weighted by atomic mass is 16.7. The minimum absolute atomic E-state index is 0.115. The molecular weight excluding hydrogens is 212 g/mol. The number of ether oxygens (including phenoxy) is 2. The van der Waals surface area contributed by atoms with Crippen molar-refractivity contribution in [3.63, 3.8) is 0 Å². The third-order valence-electron chi connectivity index (χ3n) is 3.13. The first-order chi connectivity index (χ1) is 7.69. The van der Waals surface area contributed by atoms with Crippen molar-refractivity contribution in [2.24, 2.45) is 0 Å². The van der Waals surface area contributed by atoms with Crippen LogP contribution < -0.4 is 9.47 Å². The number of hydrogen-bond acceptors (Lipinski definition) is 2. The van der Waals surface area contributed by atoms with Gasteiger partial charge in [-0.25, -0.2) is 0 Å². The maximum absolute atomic E-state index is 5.48. The zero-order chi connectivity index (χ0) is 12.8. The van der Waals surface area contributed by atoms with Crippen LogP contribution in [-0.4, -0.2) is 6.79 Å². The van der Waals surface area contributed by atoms with E-state index in [0.29, 0.717) is 6.79 Å². The van der Waals surface area contributed by atoms with Gasteiger partial charge in [-0.3, -0.25) is 0 Å². The van der Waals surface area contributed by atoms with Crippen LogP contribution in [0.15, 0.2) is 12.1 Å². The Morgan fingerprint density at radius 3 is 1.41 bits per heavy atom. The Morgan fingerprint density at radius 2 is 1.12 bits per heavy atom. The van der Waals surface area contributed by atoms with E-state index in [9.17, 15) is 0 Å². The molecule has 94 valence electrons. The molecule has 0 aromatic heterocycles. The highest BCUT2D eigenvalue weighted by Crippen LogP contribution is 2.42. The Labute approximate surface area is 104 Å². The maximum atomic E-state index is 5.48. The molecule has 0 spiro atoms. The van der Waals surface area contributed by atoms with Gasteiger partial charge in [0.05, 0.1) is 0 Å². The highest BCUT2D eigenvalue weighted by Gasteiger charge is 2.28. The molecule has 1 aliphatic heterocycles. The number of fused-ring (bicyclic) bond motifs is 1. The van der Waals surface area contributed by atoms with Crippen LogP contribution in [0.25, 0.3) is 0 Å². The summed E-state index contributed by atoms with van der Waals surface area (Å²) < 4.78 is 11.0. The van der Waals surface area contributed by atoms with E-state index >= 15 is 0 Å². The normalized spacial score (nSPS) is 15.2. The van der Waals surface area contributed by atoms with Crippen LogP contribution in [0.5, 0.6) is 11.5 Å². The molecule has 17 heavy (non-hydrogen) atoms. The van der Waals surface area contributed by atoms with E-state index in [1.54, 1.807) is 0 Å². The van der Waals surface area contributed by atoms with Crippen molar-refractivity contribution in [3.8, 4) is 11.5 Å². The van der Waals surface area contributed by atoms with Crippen molar-refractivity contribution in [1.82, 2.24) is 0 Å². The van der Waals surface area contributed by atoms with E-state index in [4.69, 9.17) is 9.47 Å². The minimum Gasteiger partial charge on any atom is -0.454 e. The summed E-state index contributed by atoms with van der Waals surface area (Å²) in [7, 11) is 0. The molecule has 1 aromatic rings. The monoisotopic (exact) mass is 234 g/mol. The lowest BCUT2D eigenvalue weighted by Gasteiger charge is -2.30.